The average Bonchev–Trinajstić information content (AvgIpc) is 2.80. The van der Waals surface area contributed by atoms with E-state index in [9.17, 15) is 4.79 Å². The summed E-state index contributed by atoms with van der Waals surface area (Å²) < 4.78 is 27.8. The number of aryl methyl sites for hydroxylation is 2. The Kier molecular flexibility index (Phi) is 22.6. The summed E-state index contributed by atoms with van der Waals surface area (Å²) >= 11 is 0. The Balaban J connectivity index is 0.000000172. The van der Waals surface area contributed by atoms with Crippen LogP contribution in [0.1, 0.15) is 156 Å². The van der Waals surface area contributed by atoms with Crippen LogP contribution in [0.3, 0.4) is 0 Å². The molecule has 1 amide bonds. The van der Waals surface area contributed by atoms with E-state index in [2.05, 4.69) is 109 Å². The Hall–Kier alpha value is -7.10. The number of carbonyl (C=O) groups excluding carboxylic acids is 1. The molecule has 3 N–H and O–H groups in total. The van der Waals surface area contributed by atoms with Crippen LogP contribution in [0.2, 0.25) is 0 Å². The fourth-order valence-corrected chi connectivity index (χ4v) is 12.0. The van der Waals surface area contributed by atoms with Crippen molar-refractivity contribution >= 4 is 64.0 Å². The number of nitrogens with one attached hydrogen (secondary N) is 3. The highest BCUT2D eigenvalue weighted by molar-refractivity contribution is 5.85. The molecule has 3 aliphatic carbocycles. The quantitative estimate of drug-likeness (QED) is 0.0907. The first-order chi connectivity index (χ1) is 41.5. The molecule has 3 heterocycles. The van der Waals surface area contributed by atoms with Gasteiger partial charge in [0, 0.05) is 70.1 Å². The number of fused-ring (bicyclic) bond motifs is 3. The van der Waals surface area contributed by atoms with Gasteiger partial charge in [-0.05, 0) is 204 Å². The molecular weight excluding hydrogens is 1150 g/mol. The number of rotatable bonds is 15. The highest BCUT2D eigenvalue weighted by atomic mass is 35.5. The summed E-state index contributed by atoms with van der Waals surface area (Å²) in [4.78, 5) is 31.1. The number of hydrogen-bond donors (Lipinski definition) is 3. The maximum Gasteiger partial charge on any atom is 0.410 e. The zero-order valence-electron chi connectivity index (χ0n) is 54.2. The third-order valence-corrected chi connectivity index (χ3v) is 17.9. The summed E-state index contributed by atoms with van der Waals surface area (Å²) in [5.74, 6) is 4.87. The van der Waals surface area contributed by atoms with E-state index in [1.807, 2.05) is 153 Å². The average molecular weight is 1250 g/mol. The van der Waals surface area contributed by atoms with Crippen molar-refractivity contribution in [3.05, 3.63) is 163 Å². The van der Waals surface area contributed by atoms with Crippen molar-refractivity contribution < 1.29 is 23.7 Å². The van der Waals surface area contributed by atoms with E-state index < -0.39 is 5.60 Å². The monoisotopic (exact) mass is 1250 g/mol. The highest BCUT2D eigenvalue weighted by Crippen LogP contribution is 2.39. The molecular formula is C73H95Cl2N9O5. The van der Waals surface area contributed by atoms with Gasteiger partial charge in [0.05, 0.1) is 52.1 Å². The molecule has 6 aromatic carbocycles. The van der Waals surface area contributed by atoms with E-state index in [-0.39, 0.29) is 36.9 Å². The zero-order chi connectivity index (χ0) is 61.3. The number of benzene rings is 6. The molecule has 3 fully saturated rings. The molecule has 0 saturated heterocycles. The minimum absolute atomic E-state index is 0. The Bertz CT molecular complexity index is 3670. The maximum absolute atomic E-state index is 13.1. The largest absolute Gasteiger partial charge is 0.457 e. The summed E-state index contributed by atoms with van der Waals surface area (Å²) in [5, 5.41) is 7.43. The summed E-state index contributed by atoms with van der Waals surface area (Å²) in [7, 11) is 3.99. The van der Waals surface area contributed by atoms with Crippen LogP contribution in [-0.4, -0.2) is 63.8 Å². The maximum atomic E-state index is 13.1. The predicted molar refractivity (Wildman–Crippen MR) is 365 cm³/mol. The Morgan fingerprint density at radius 2 is 0.933 bits per heavy atom. The second-order valence-corrected chi connectivity index (χ2v) is 28.0. The van der Waals surface area contributed by atoms with Crippen LogP contribution in [0.5, 0.6) is 34.5 Å². The van der Waals surface area contributed by atoms with Gasteiger partial charge in [0.15, 0.2) is 0 Å². The van der Waals surface area contributed by atoms with Crippen LogP contribution in [0.4, 0.5) is 4.79 Å². The molecule has 0 bridgehead atoms. The number of carbonyl (C=O) groups is 1. The second kappa shape index (κ2) is 29.7. The first-order valence-electron chi connectivity index (χ1n) is 31.6. The van der Waals surface area contributed by atoms with Crippen molar-refractivity contribution in [2.45, 2.75) is 183 Å². The molecule has 3 saturated carbocycles. The third kappa shape index (κ3) is 19.5. The molecule has 14 nitrogen and oxygen atoms in total. The first-order valence-corrected chi connectivity index (χ1v) is 31.6. The molecule has 9 aromatic rings. The smallest absolute Gasteiger partial charge is 0.410 e. The highest BCUT2D eigenvalue weighted by Gasteiger charge is 2.35. The predicted octanol–water partition coefficient (Wildman–Crippen LogP) is 18.8. The van der Waals surface area contributed by atoms with E-state index in [0.717, 1.165) is 112 Å². The molecule has 0 unspecified atom stereocenters. The van der Waals surface area contributed by atoms with Gasteiger partial charge in [0.1, 0.15) is 40.1 Å². The lowest BCUT2D eigenvalue weighted by Gasteiger charge is -2.40. The van der Waals surface area contributed by atoms with E-state index >= 15 is 0 Å². The lowest BCUT2D eigenvalue weighted by molar-refractivity contribution is 0.00490. The summed E-state index contributed by atoms with van der Waals surface area (Å²) in [6.07, 6.45) is 19.7. The fourth-order valence-electron chi connectivity index (χ4n) is 12.0. The van der Waals surface area contributed by atoms with Crippen molar-refractivity contribution in [2.24, 2.45) is 30.3 Å². The van der Waals surface area contributed by atoms with Gasteiger partial charge in [-0.15, -0.1) is 24.8 Å². The number of aromatic amines is 1. The summed E-state index contributed by atoms with van der Waals surface area (Å²) in [6.45, 7) is 22.3. The van der Waals surface area contributed by atoms with Crippen LogP contribution in [0.15, 0.2) is 146 Å². The van der Waals surface area contributed by atoms with E-state index in [0.29, 0.717) is 34.9 Å². The number of H-pyrrole nitrogens is 1. The molecule has 476 valence electrons. The SMILES string of the molecule is CC1(C)CCC(N(Cc2ccc(Oc3ccc4nc[nH]c4c3)cc2)C(=O)OC(C)(C)C)CC1.Cl.Cl.Cn1cnc2cc(Oc3ccc(CNC4CCC(C)(C)CC4)cc3)ccc21.Cn1cnc2ccc(Oc3ccc(CNC4CCC(C)(C)CC4)cc3)cc21. The standard InChI is InChI=1S/C27H35N3O3.2C23H29N3O.2ClH/c1-26(2,3)33-25(31)30(20-12-14-27(4,5)15-13-20)17-19-6-8-21(9-7-19)32-22-10-11-23-24(16-22)29-18-28-23;1-23(2)12-10-18(11-13-23)24-15-17-4-6-19(7-5-17)27-20-8-9-22-21(14-20)25-16-26(22)3;1-23(2)12-10-18(11-13-23)24-15-17-4-6-19(7-5-17)27-20-8-9-21-22(14-20)26(3)16-25-21;;/h6-11,16,18,20H,12-15,17H2,1-5H3,(H,28,29);2*4-9,14,16,18,24H,10-13,15H2,1-3H3;2*1H. The van der Waals surface area contributed by atoms with Crippen molar-refractivity contribution in [3.63, 3.8) is 0 Å². The lowest BCUT2D eigenvalue weighted by atomic mass is 9.75. The number of nitrogens with zero attached hydrogens (tertiary/aromatic N) is 6. The number of aromatic nitrogens is 6. The molecule has 3 aliphatic rings. The Labute approximate surface area is 540 Å². The van der Waals surface area contributed by atoms with Gasteiger partial charge in [-0.2, -0.15) is 0 Å². The van der Waals surface area contributed by atoms with E-state index in [4.69, 9.17) is 18.9 Å². The van der Waals surface area contributed by atoms with Gasteiger partial charge >= 0.3 is 6.09 Å². The van der Waals surface area contributed by atoms with Crippen LogP contribution in [-0.2, 0) is 38.5 Å². The van der Waals surface area contributed by atoms with Gasteiger partial charge in [0.2, 0.25) is 0 Å². The molecule has 3 aromatic heterocycles. The molecule has 0 aliphatic heterocycles. The first kappa shape index (κ1) is 67.8. The number of halogens is 2. The lowest BCUT2D eigenvalue weighted by Crippen LogP contribution is -2.45. The minimum atomic E-state index is -0.517. The third-order valence-electron chi connectivity index (χ3n) is 17.9. The fraction of sp³-hybridized carbons (Fsp3) is 0.452. The molecule has 0 radical (unpaired) electrons. The van der Waals surface area contributed by atoms with Gasteiger partial charge in [-0.25, -0.2) is 19.7 Å². The number of hydrogen-bond acceptors (Lipinski definition) is 10. The number of imidazole rings is 3. The van der Waals surface area contributed by atoms with Crippen LogP contribution >= 0.6 is 24.8 Å². The molecule has 89 heavy (non-hydrogen) atoms. The van der Waals surface area contributed by atoms with E-state index in [1.54, 1.807) is 6.33 Å². The van der Waals surface area contributed by atoms with E-state index in [1.165, 1.54) is 62.5 Å². The molecule has 12 rings (SSSR count). The molecule has 0 spiro atoms. The van der Waals surface area contributed by atoms with Gasteiger partial charge in [-0.1, -0.05) is 77.9 Å². The van der Waals surface area contributed by atoms with Crippen LogP contribution in [0, 0.1) is 16.2 Å². The molecule has 0 atom stereocenters. The van der Waals surface area contributed by atoms with Crippen molar-refractivity contribution in [1.29, 1.82) is 0 Å². The van der Waals surface area contributed by atoms with Crippen LogP contribution in [0.25, 0.3) is 33.1 Å². The Morgan fingerprint density at radius 1 is 0.517 bits per heavy atom. The molecule has 16 heteroatoms. The topological polar surface area (TPSA) is 146 Å². The van der Waals surface area contributed by atoms with Crippen molar-refractivity contribution in [3.8, 4) is 34.5 Å². The van der Waals surface area contributed by atoms with Crippen molar-refractivity contribution in [2.75, 3.05) is 0 Å². The number of ether oxygens (including phenoxy) is 4. The number of amides is 1. The second-order valence-electron chi connectivity index (χ2n) is 28.0. The summed E-state index contributed by atoms with van der Waals surface area (Å²) in [6, 6.07) is 44.0. The van der Waals surface area contributed by atoms with Crippen molar-refractivity contribution in [1.82, 2.24) is 44.6 Å². The minimum Gasteiger partial charge on any atom is -0.457 e. The normalized spacial score (nSPS) is 16.6. The zero-order valence-corrected chi connectivity index (χ0v) is 55.9. The van der Waals surface area contributed by atoms with Crippen LogP contribution < -0.4 is 24.8 Å². The summed E-state index contributed by atoms with van der Waals surface area (Å²) in [5.41, 5.74) is 10.5. The van der Waals surface area contributed by atoms with Gasteiger partial charge in [0.25, 0.3) is 0 Å². The van der Waals surface area contributed by atoms with Gasteiger partial charge < -0.3 is 48.6 Å². The Morgan fingerprint density at radius 3 is 1.44 bits per heavy atom. The van der Waals surface area contributed by atoms with Gasteiger partial charge in [-0.3, -0.25) is 0 Å².